The van der Waals surface area contributed by atoms with Gasteiger partial charge in [-0.05, 0) is 37.3 Å². The third-order valence-corrected chi connectivity index (χ3v) is 8.41. The normalized spacial score (nSPS) is 13.0. The number of para-hydroxylation sites is 1. The Morgan fingerprint density at radius 3 is 2.64 bits per heavy atom. The van der Waals surface area contributed by atoms with E-state index >= 15 is 0 Å². The third kappa shape index (κ3) is 4.49. The SMILES string of the molecule is CC(Sc1nc2ccccc2s1)C(=O)Nc1ccc(Cl)c(S(=O)(=O)N(C)C)c1. The number of halogens is 1. The van der Waals surface area contributed by atoms with Gasteiger partial charge in [0.25, 0.3) is 0 Å². The topological polar surface area (TPSA) is 79.4 Å². The maximum atomic E-state index is 12.6. The molecule has 2 aromatic carbocycles. The Hall–Kier alpha value is -1.65. The summed E-state index contributed by atoms with van der Waals surface area (Å²) < 4.78 is 27.7. The molecule has 1 heterocycles. The zero-order chi connectivity index (χ0) is 20.5. The Labute approximate surface area is 177 Å². The maximum absolute atomic E-state index is 12.6. The number of thiazole rings is 1. The summed E-state index contributed by atoms with van der Waals surface area (Å²) in [4.78, 5) is 17.0. The molecule has 1 atom stereocenters. The first-order chi connectivity index (χ1) is 13.2. The Bertz CT molecular complexity index is 1100. The first kappa shape index (κ1) is 21.1. The molecule has 1 aromatic heterocycles. The van der Waals surface area contributed by atoms with Gasteiger partial charge < -0.3 is 5.32 Å². The quantitative estimate of drug-likeness (QED) is 0.560. The highest BCUT2D eigenvalue weighted by atomic mass is 35.5. The van der Waals surface area contributed by atoms with E-state index in [1.54, 1.807) is 13.0 Å². The second kappa shape index (κ2) is 8.38. The lowest BCUT2D eigenvalue weighted by molar-refractivity contribution is -0.115. The van der Waals surface area contributed by atoms with Crippen LogP contribution in [0.15, 0.2) is 51.7 Å². The molecule has 0 saturated carbocycles. The van der Waals surface area contributed by atoms with E-state index in [4.69, 9.17) is 11.6 Å². The third-order valence-electron chi connectivity index (χ3n) is 3.88. The molecule has 3 rings (SSSR count). The summed E-state index contributed by atoms with van der Waals surface area (Å²) in [5.41, 5.74) is 1.27. The number of amides is 1. The second-order valence-corrected chi connectivity index (χ2v) is 11.3. The van der Waals surface area contributed by atoms with Crippen molar-refractivity contribution in [1.82, 2.24) is 9.29 Å². The van der Waals surface area contributed by atoms with Crippen LogP contribution in [0.1, 0.15) is 6.92 Å². The van der Waals surface area contributed by atoms with E-state index in [9.17, 15) is 13.2 Å². The van der Waals surface area contributed by atoms with Crippen LogP contribution in [0.3, 0.4) is 0 Å². The van der Waals surface area contributed by atoms with E-state index in [-0.39, 0.29) is 15.8 Å². The van der Waals surface area contributed by atoms with E-state index in [1.807, 2.05) is 24.3 Å². The van der Waals surface area contributed by atoms with Crippen LogP contribution in [-0.4, -0.2) is 43.0 Å². The molecule has 1 N–H and O–H groups in total. The Morgan fingerprint density at radius 1 is 1.25 bits per heavy atom. The van der Waals surface area contributed by atoms with Crippen molar-refractivity contribution in [2.45, 2.75) is 21.4 Å². The molecule has 0 saturated heterocycles. The van der Waals surface area contributed by atoms with Crippen molar-refractivity contribution >= 4 is 66.5 Å². The van der Waals surface area contributed by atoms with Gasteiger partial charge in [-0.3, -0.25) is 4.79 Å². The van der Waals surface area contributed by atoms with Crippen molar-refractivity contribution in [2.75, 3.05) is 19.4 Å². The van der Waals surface area contributed by atoms with Gasteiger partial charge >= 0.3 is 0 Å². The van der Waals surface area contributed by atoms with E-state index < -0.39 is 15.3 Å². The second-order valence-electron chi connectivity index (χ2n) is 6.13. The Morgan fingerprint density at radius 2 is 1.96 bits per heavy atom. The Balaban J connectivity index is 1.75. The molecule has 0 aliphatic heterocycles. The minimum Gasteiger partial charge on any atom is -0.325 e. The predicted molar refractivity (Wildman–Crippen MR) is 116 cm³/mol. The highest BCUT2D eigenvalue weighted by Crippen LogP contribution is 2.32. The minimum absolute atomic E-state index is 0.0524. The fraction of sp³-hybridized carbons (Fsp3) is 0.222. The molecule has 1 unspecified atom stereocenters. The van der Waals surface area contributed by atoms with Gasteiger partial charge in [0, 0.05) is 19.8 Å². The van der Waals surface area contributed by atoms with E-state index in [0.29, 0.717) is 5.69 Å². The molecule has 3 aromatic rings. The monoisotopic (exact) mass is 455 g/mol. The van der Waals surface area contributed by atoms with Crippen molar-refractivity contribution in [3.05, 3.63) is 47.5 Å². The van der Waals surface area contributed by atoms with Crippen LogP contribution in [0.2, 0.25) is 5.02 Å². The van der Waals surface area contributed by atoms with Gasteiger partial charge in [-0.2, -0.15) is 0 Å². The van der Waals surface area contributed by atoms with Crippen LogP contribution in [0, 0.1) is 0 Å². The standard InChI is InChI=1S/C18H18ClN3O3S3/c1-11(26-18-21-14-6-4-5-7-15(14)27-18)17(23)20-12-8-9-13(19)16(10-12)28(24,25)22(2)3/h4-11H,1-3H3,(H,20,23). The van der Waals surface area contributed by atoms with Crippen molar-refractivity contribution in [1.29, 1.82) is 0 Å². The van der Waals surface area contributed by atoms with Crippen LogP contribution < -0.4 is 5.32 Å². The summed E-state index contributed by atoms with van der Waals surface area (Å²) in [6.07, 6.45) is 0. The zero-order valence-corrected chi connectivity index (χ0v) is 18.5. The molecule has 0 aliphatic carbocycles. The molecule has 0 spiro atoms. The first-order valence-corrected chi connectivity index (χ1v) is 11.7. The van der Waals surface area contributed by atoms with E-state index in [2.05, 4.69) is 10.3 Å². The number of carbonyl (C=O) groups is 1. The van der Waals surface area contributed by atoms with Crippen LogP contribution in [0.25, 0.3) is 10.2 Å². The van der Waals surface area contributed by atoms with Gasteiger partial charge in [-0.15, -0.1) is 11.3 Å². The highest BCUT2D eigenvalue weighted by Gasteiger charge is 2.22. The Kier molecular flexibility index (Phi) is 6.31. The average Bonchev–Trinajstić information content (AvgIpc) is 3.05. The molecule has 148 valence electrons. The first-order valence-electron chi connectivity index (χ1n) is 8.23. The number of nitrogens with zero attached hydrogens (tertiary/aromatic N) is 2. The summed E-state index contributed by atoms with van der Waals surface area (Å²) in [6, 6.07) is 12.2. The van der Waals surface area contributed by atoms with Crippen molar-refractivity contribution in [2.24, 2.45) is 0 Å². The van der Waals surface area contributed by atoms with Gasteiger partial charge in [0.2, 0.25) is 15.9 Å². The van der Waals surface area contributed by atoms with Crippen LogP contribution in [0.4, 0.5) is 5.69 Å². The number of rotatable bonds is 6. The van der Waals surface area contributed by atoms with Crippen molar-refractivity contribution in [3.63, 3.8) is 0 Å². The molecular formula is C18H18ClN3O3S3. The van der Waals surface area contributed by atoms with Gasteiger partial charge in [-0.1, -0.05) is 35.5 Å². The smallest absolute Gasteiger partial charge is 0.244 e. The summed E-state index contributed by atoms with van der Waals surface area (Å²) in [6.45, 7) is 1.78. The van der Waals surface area contributed by atoms with Crippen LogP contribution in [-0.2, 0) is 14.8 Å². The molecule has 28 heavy (non-hydrogen) atoms. The maximum Gasteiger partial charge on any atom is 0.244 e. The zero-order valence-electron chi connectivity index (χ0n) is 15.3. The summed E-state index contributed by atoms with van der Waals surface area (Å²) in [5, 5.41) is 2.44. The van der Waals surface area contributed by atoms with Gasteiger partial charge in [0.1, 0.15) is 4.90 Å². The van der Waals surface area contributed by atoms with Gasteiger partial charge in [0.05, 0.1) is 20.5 Å². The fourth-order valence-corrected chi connectivity index (χ4v) is 5.93. The number of thioether (sulfide) groups is 1. The molecule has 1 amide bonds. The number of aromatic nitrogens is 1. The van der Waals surface area contributed by atoms with E-state index in [1.165, 1.54) is 49.3 Å². The van der Waals surface area contributed by atoms with E-state index in [0.717, 1.165) is 18.9 Å². The molecule has 6 nitrogen and oxygen atoms in total. The van der Waals surface area contributed by atoms with Crippen molar-refractivity contribution in [3.8, 4) is 0 Å². The lowest BCUT2D eigenvalue weighted by Crippen LogP contribution is -2.24. The number of fused-ring (bicyclic) bond motifs is 1. The lowest BCUT2D eigenvalue weighted by Gasteiger charge is -2.15. The minimum atomic E-state index is -3.71. The molecule has 10 heteroatoms. The molecule has 0 aliphatic rings. The van der Waals surface area contributed by atoms with Gasteiger partial charge in [-0.25, -0.2) is 17.7 Å². The fourth-order valence-electron chi connectivity index (χ4n) is 2.33. The highest BCUT2D eigenvalue weighted by molar-refractivity contribution is 8.02. The largest absolute Gasteiger partial charge is 0.325 e. The summed E-state index contributed by atoms with van der Waals surface area (Å²) in [5.74, 6) is -0.250. The molecular weight excluding hydrogens is 438 g/mol. The molecule has 0 fully saturated rings. The number of sulfonamides is 1. The average molecular weight is 456 g/mol. The van der Waals surface area contributed by atoms with Crippen LogP contribution >= 0.6 is 34.7 Å². The van der Waals surface area contributed by atoms with Gasteiger partial charge in [0.15, 0.2) is 4.34 Å². The number of carbonyl (C=O) groups excluding carboxylic acids is 1. The predicted octanol–water partition coefficient (Wildman–Crippen LogP) is 4.32. The van der Waals surface area contributed by atoms with Crippen molar-refractivity contribution < 1.29 is 13.2 Å². The molecule has 0 radical (unpaired) electrons. The number of hydrogen-bond donors (Lipinski definition) is 1. The van der Waals surface area contributed by atoms with Crippen LogP contribution in [0.5, 0.6) is 0 Å². The number of nitrogens with one attached hydrogen (secondary N) is 1. The number of anilines is 1. The number of hydrogen-bond acceptors (Lipinski definition) is 6. The lowest BCUT2D eigenvalue weighted by atomic mass is 10.3. The number of benzene rings is 2. The summed E-state index contributed by atoms with van der Waals surface area (Å²) >= 11 is 8.93. The molecule has 0 bridgehead atoms. The summed E-state index contributed by atoms with van der Waals surface area (Å²) in [7, 11) is -0.864.